The van der Waals surface area contributed by atoms with E-state index in [9.17, 15) is 13.2 Å². The van der Waals surface area contributed by atoms with Crippen molar-refractivity contribution in [2.45, 2.75) is 44.4 Å². The van der Waals surface area contributed by atoms with Crippen LogP contribution >= 0.6 is 11.3 Å². The predicted molar refractivity (Wildman–Crippen MR) is 114 cm³/mol. The summed E-state index contributed by atoms with van der Waals surface area (Å²) in [6, 6.07) is 13.1. The minimum atomic E-state index is -4.43. The van der Waals surface area contributed by atoms with Gasteiger partial charge in [-0.05, 0) is 24.5 Å². The fourth-order valence-corrected chi connectivity index (χ4v) is 4.20. The molecule has 0 amide bonds. The van der Waals surface area contributed by atoms with E-state index in [1.54, 1.807) is 0 Å². The van der Waals surface area contributed by atoms with E-state index in [1.165, 1.54) is 22.1 Å². The van der Waals surface area contributed by atoms with Crippen molar-refractivity contribution in [2.75, 3.05) is 5.32 Å². The zero-order valence-corrected chi connectivity index (χ0v) is 17.8. The van der Waals surface area contributed by atoms with Gasteiger partial charge in [0.15, 0.2) is 11.5 Å². The molecule has 0 unspecified atom stereocenters. The number of benzene rings is 1. The smallest absolute Gasteiger partial charge is 0.313 e. The molecule has 166 valence electrons. The molecule has 1 fully saturated rings. The number of aryl methyl sites for hydroxylation is 2. The Kier molecular flexibility index (Phi) is 5.41. The molecule has 0 saturated heterocycles. The van der Waals surface area contributed by atoms with Crippen molar-refractivity contribution in [3.8, 4) is 0 Å². The van der Waals surface area contributed by atoms with Crippen LogP contribution in [-0.2, 0) is 25.7 Å². The fourth-order valence-electron chi connectivity index (χ4n) is 3.46. The van der Waals surface area contributed by atoms with Crippen LogP contribution in [0.1, 0.15) is 40.7 Å². The van der Waals surface area contributed by atoms with Gasteiger partial charge in [0.1, 0.15) is 5.01 Å². The Bertz CT molecular complexity index is 1190. The van der Waals surface area contributed by atoms with Crippen molar-refractivity contribution in [2.24, 2.45) is 0 Å². The molecule has 0 spiro atoms. The Morgan fingerprint density at radius 1 is 1.06 bits per heavy atom. The lowest BCUT2D eigenvalue weighted by Crippen LogP contribution is -2.10. The van der Waals surface area contributed by atoms with Crippen LogP contribution in [0.25, 0.3) is 0 Å². The summed E-state index contributed by atoms with van der Waals surface area (Å²) in [5, 5.41) is 21.0. The molecule has 1 aliphatic carbocycles. The first-order chi connectivity index (χ1) is 15.4. The SMILES string of the molecule is FC(F)(F)c1cc(C2CC2)n(CCc2nnc(Nc3ccn(Cc4ccccc4)n3)s2)n1. The van der Waals surface area contributed by atoms with Gasteiger partial charge in [0.25, 0.3) is 0 Å². The van der Waals surface area contributed by atoms with Crippen molar-refractivity contribution >= 4 is 22.3 Å². The number of anilines is 2. The summed E-state index contributed by atoms with van der Waals surface area (Å²) >= 11 is 1.36. The van der Waals surface area contributed by atoms with Gasteiger partial charge in [0.2, 0.25) is 5.13 Å². The lowest BCUT2D eigenvalue weighted by molar-refractivity contribution is -0.141. The first-order valence-corrected chi connectivity index (χ1v) is 11.1. The van der Waals surface area contributed by atoms with E-state index in [4.69, 9.17) is 0 Å². The molecule has 5 rings (SSSR count). The van der Waals surface area contributed by atoms with E-state index in [0.717, 1.165) is 23.4 Å². The molecule has 7 nitrogen and oxygen atoms in total. The molecule has 11 heteroatoms. The number of nitrogens with zero attached hydrogens (tertiary/aromatic N) is 6. The van der Waals surface area contributed by atoms with Gasteiger partial charge >= 0.3 is 6.18 Å². The molecule has 3 aromatic heterocycles. The lowest BCUT2D eigenvalue weighted by atomic mass is 10.2. The van der Waals surface area contributed by atoms with Crippen molar-refractivity contribution in [3.63, 3.8) is 0 Å². The fraction of sp³-hybridized carbons (Fsp3) is 0.333. The molecule has 1 aromatic carbocycles. The van der Waals surface area contributed by atoms with Crippen LogP contribution in [0.2, 0.25) is 0 Å². The number of nitrogens with one attached hydrogen (secondary N) is 1. The summed E-state index contributed by atoms with van der Waals surface area (Å²) in [5.41, 5.74) is 0.979. The molecule has 0 aliphatic heterocycles. The Morgan fingerprint density at radius 3 is 2.62 bits per heavy atom. The van der Waals surface area contributed by atoms with Crippen LogP contribution in [-0.4, -0.2) is 29.8 Å². The van der Waals surface area contributed by atoms with E-state index in [0.29, 0.717) is 36.2 Å². The first-order valence-electron chi connectivity index (χ1n) is 10.3. The van der Waals surface area contributed by atoms with E-state index >= 15 is 0 Å². The standard InChI is InChI=1S/C21H20F3N7S/c22-21(23,24)17-12-16(15-6-7-15)31(28-17)11-9-19-26-27-20(32-19)25-18-8-10-30(29-18)13-14-4-2-1-3-5-14/h1-5,8,10,12,15H,6-7,9,11,13H2,(H,25,27,29). The summed E-state index contributed by atoms with van der Waals surface area (Å²) in [5.74, 6) is 0.831. The minimum absolute atomic E-state index is 0.177. The van der Waals surface area contributed by atoms with Crippen molar-refractivity contribution in [3.05, 3.63) is 70.6 Å². The number of alkyl halides is 3. The molecule has 4 aromatic rings. The maximum atomic E-state index is 13.1. The Morgan fingerprint density at radius 2 is 1.88 bits per heavy atom. The third-order valence-corrected chi connectivity index (χ3v) is 6.06. The summed E-state index contributed by atoms with van der Waals surface area (Å²) in [6.45, 7) is 0.999. The van der Waals surface area contributed by atoms with Crippen LogP contribution in [0.15, 0.2) is 48.7 Å². The highest BCUT2D eigenvalue weighted by atomic mass is 32.1. The highest BCUT2D eigenvalue weighted by Gasteiger charge is 2.37. The number of halogens is 3. The van der Waals surface area contributed by atoms with Gasteiger partial charge in [-0.1, -0.05) is 41.7 Å². The highest BCUT2D eigenvalue weighted by molar-refractivity contribution is 7.15. The van der Waals surface area contributed by atoms with E-state index < -0.39 is 11.9 Å². The summed E-state index contributed by atoms with van der Waals surface area (Å²) in [4.78, 5) is 0. The minimum Gasteiger partial charge on any atom is -0.313 e. The average molecular weight is 460 g/mol. The van der Waals surface area contributed by atoms with Gasteiger partial charge in [-0.15, -0.1) is 10.2 Å². The van der Waals surface area contributed by atoms with Gasteiger partial charge in [-0.2, -0.15) is 23.4 Å². The van der Waals surface area contributed by atoms with Gasteiger partial charge in [-0.25, -0.2) is 0 Å². The Hall–Kier alpha value is -3.21. The molecular formula is C21H20F3N7S. The molecule has 0 bridgehead atoms. The second-order valence-corrected chi connectivity index (χ2v) is 8.77. The van der Waals surface area contributed by atoms with E-state index in [-0.39, 0.29) is 5.92 Å². The number of rotatable bonds is 8. The number of hydrogen-bond donors (Lipinski definition) is 1. The van der Waals surface area contributed by atoms with E-state index in [2.05, 4.69) is 25.7 Å². The van der Waals surface area contributed by atoms with Gasteiger partial charge in [0, 0.05) is 36.8 Å². The van der Waals surface area contributed by atoms with Gasteiger partial charge in [0.05, 0.1) is 6.54 Å². The molecular weight excluding hydrogens is 439 g/mol. The zero-order chi connectivity index (χ0) is 22.1. The van der Waals surface area contributed by atoms with Crippen LogP contribution in [0.3, 0.4) is 0 Å². The van der Waals surface area contributed by atoms with Crippen molar-refractivity contribution in [1.29, 1.82) is 0 Å². The second kappa shape index (κ2) is 8.38. The zero-order valence-electron chi connectivity index (χ0n) is 17.0. The lowest BCUT2D eigenvalue weighted by Gasteiger charge is -2.04. The summed E-state index contributed by atoms with van der Waals surface area (Å²) in [6.07, 6.45) is -0.272. The molecule has 3 heterocycles. The van der Waals surface area contributed by atoms with Crippen molar-refractivity contribution in [1.82, 2.24) is 29.8 Å². The highest BCUT2D eigenvalue weighted by Crippen LogP contribution is 2.42. The molecule has 0 radical (unpaired) electrons. The normalized spacial score (nSPS) is 14.1. The Labute approximate surface area is 185 Å². The molecule has 32 heavy (non-hydrogen) atoms. The predicted octanol–water partition coefficient (Wildman–Crippen LogP) is 4.86. The van der Waals surface area contributed by atoms with Crippen molar-refractivity contribution < 1.29 is 13.2 Å². The van der Waals surface area contributed by atoms with Crippen LogP contribution in [0.5, 0.6) is 0 Å². The van der Waals surface area contributed by atoms with Gasteiger partial charge in [-0.3, -0.25) is 9.36 Å². The molecule has 1 saturated carbocycles. The topological polar surface area (TPSA) is 73.5 Å². The molecule has 1 N–H and O–H groups in total. The first kappa shape index (κ1) is 20.7. The molecule has 0 atom stereocenters. The second-order valence-electron chi connectivity index (χ2n) is 7.71. The molecule has 1 aliphatic rings. The monoisotopic (exact) mass is 459 g/mol. The third kappa shape index (κ3) is 4.82. The van der Waals surface area contributed by atoms with Gasteiger partial charge < -0.3 is 5.32 Å². The summed E-state index contributed by atoms with van der Waals surface area (Å²) in [7, 11) is 0. The van der Waals surface area contributed by atoms with Crippen LogP contribution in [0, 0.1) is 0 Å². The van der Waals surface area contributed by atoms with Crippen LogP contribution in [0.4, 0.5) is 24.1 Å². The average Bonchev–Trinajstić information content (AvgIpc) is 3.14. The van der Waals surface area contributed by atoms with Crippen LogP contribution < -0.4 is 5.32 Å². The number of aromatic nitrogens is 6. The Balaban J connectivity index is 1.20. The maximum absolute atomic E-state index is 13.1. The quantitative estimate of drug-likeness (QED) is 0.407. The maximum Gasteiger partial charge on any atom is 0.435 e. The number of hydrogen-bond acceptors (Lipinski definition) is 6. The largest absolute Gasteiger partial charge is 0.435 e. The summed E-state index contributed by atoms with van der Waals surface area (Å²) < 4.78 is 42.5. The third-order valence-electron chi connectivity index (χ3n) is 5.16. The van der Waals surface area contributed by atoms with E-state index in [1.807, 2.05) is 47.3 Å².